The minimum Gasteiger partial charge on any atom is -0.490 e. The van der Waals surface area contributed by atoms with Gasteiger partial charge in [0, 0.05) is 0 Å². The predicted octanol–water partition coefficient (Wildman–Crippen LogP) is 4.91. The average molecular weight is 454 g/mol. The molecule has 4 rings (SSSR count). The zero-order valence-electron chi connectivity index (χ0n) is 16.6. The molecule has 0 aliphatic rings. The molecule has 0 bridgehead atoms. The summed E-state index contributed by atoms with van der Waals surface area (Å²) in [6.45, 7) is 2.16. The Morgan fingerprint density at radius 1 is 1.03 bits per heavy atom. The zero-order chi connectivity index (χ0) is 21.7. The second-order valence-corrected chi connectivity index (χ2v) is 8.92. The number of thiazole rings is 1. The van der Waals surface area contributed by atoms with Crippen LogP contribution in [0.5, 0.6) is 11.5 Å². The number of hydrogen-bond acceptors (Lipinski definition) is 8. The number of para-hydroxylation sites is 1. The van der Waals surface area contributed by atoms with Gasteiger partial charge in [-0.2, -0.15) is 13.5 Å². The molecule has 3 aromatic carbocycles. The second kappa shape index (κ2) is 9.15. The number of aromatic nitrogens is 1. The molecule has 0 amide bonds. The quantitative estimate of drug-likeness (QED) is 0.232. The molecule has 0 fully saturated rings. The molecule has 0 aliphatic heterocycles. The summed E-state index contributed by atoms with van der Waals surface area (Å²) < 4.78 is 37.0. The Labute approximate surface area is 184 Å². The Hall–Kier alpha value is -3.43. The predicted molar refractivity (Wildman–Crippen MR) is 123 cm³/mol. The highest BCUT2D eigenvalue weighted by molar-refractivity contribution is 7.87. The molecule has 0 atom stereocenters. The van der Waals surface area contributed by atoms with E-state index in [1.54, 1.807) is 42.6 Å². The molecular formula is C22H19N3O4S2. The van der Waals surface area contributed by atoms with Crippen molar-refractivity contribution in [1.82, 2.24) is 4.98 Å². The molecule has 7 nitrogen and oxygen atoms in total. The number of anilines is 1. The van der Waals surface area contributed by atoms with E-state index in [9.17, 15) is 8.42 Å². The molecule has 0 spiro atoms. The smallest absolute Gasteiger partial charge is 0.339 e. The van der Waals surface area contributed by atoms with Gasteiger partial charge in [0.25, 0.3) is 0 Å². The zero-order valence-corrected chi connectivity index (χ0v) is 18.2. The van der Waals surface area contributed by atoms with Gasteiger partial charge in [0.2, 0.25) is 5.13 Å². The van der Waals surface area contributed by atoms with Crippen LogP contribution in [-0.2, 0) is 10.1 Å². The molecule has 0 unspecified atom stereocenters. The lowest BCUT2D eigenvalue weighted by atomic mass is 10.2. The van der Waals surface area contributed by atoms with Crippen molar-refractivity contribution < 1.29 is 17.3 Å². The summed E-state index contributed by atoms with van der Waals surface area (Å²) in [7, 11) is -3.97. The Kier molecular flexibility index (Phi) is 6.15. The fraction of sp³-hybridized carbons (Fsp3) is 0.0909. The molecule has 9 heteroatoms. The molecule has 1 N–H and O–H groups in total. The molecule has 4 aromatic rings. The van der Waals surface area contributed by atoms with E-state index < -0.39 is 10.1 Å². The van der Waals surface area contributed by atoms with Crippen LogP contribution in [-0.4, -0.2) is 26.2 Å². The van der Waals surface area contributed by atoms with Crippen molar-refractivity contribution in [3.63, 3.8) is 0 Å². The van der Waals surface area contributed by atoms with Gasteiger partial charge in [0.05, 0.1) is 23.0 Å². The van der Waals surface area contributed by atoms with E-state index in [2.05, 4.69) is 15.5 Å². The molecule has 158 valence electrons. The van der Waals surface area contributed by atoms with Crippen LogP contribution in [0.1, 0.15) is 12.5 Å². The fourth-order valence-electron chi connectivity index (χ4n) is 2.78. The third kappa shape index (κ3) is 5.01. The van der Waals surface area contributed by atoms with E-state index in [-0.39, 0.29) is 10.6 Å². The van der Waals surface area contributed by atoms with Crippen LogP contribution in [0.3, 0.4) is 0 Å². The highest BCUT2D eigenvalue weighted by atomic mass is 32.2. The summed E-state index contributed by atoms with van der Waals surface area (Å²) in [5, 5.41) is 4.90. The third-order valence-corrected chi connectivity index (χ3v) is 6.36. The lowest BCUT2D eigenvalue weighted by molar-refractivity contribution is 0.327. The number of nitrogens with zero attached hydrogens (tertiary/aromatic N) is 2. The van der Waals surface area contributed by atoms with Crippen LogP contribution < -0.4 is 14.3 Å². The van der Waals surface area contributed by atoms with Crippen molar-refractivity contribution in [2.45, 2.75) is 11.8 Å². The van der Waals surface area contributed by atoms with Crippen LogP contribution in [0.4, 0.5) is 5.13 Å². The van der Waals surface area contributed by atoms with E-state index in [0.717, 1.165) is 10.2 Å². The molecule has 0 saturated carbocycles. The Morgan fingerprint density at radius 2 is 1.81 bits per heavy atom. The first-order valence-corrected chi connectivity index (χ1v) is 11.7. The van der Waals surface area contributed by atoms with Crippen molar-refractivity contribution in [3.05, 3.63) is 78.4 Å². The van der Waals surface area contributed by atoms with Crippen LogP contribution >= 0.6 is 11.3 Å². The van der Waals surface area contributed by atoms with E-state index in [4.69, 9.17) is 8.92 Å². The first-order valence-electron chi connectivity index (χ1n) is 9.46. The lowest BCUT2D eigenvalue weighted by Crippen LogP contribution is -2.10. The largest absolute Gasteiger partial charge is 0.490 e. The van der Waals surface area contributed by atoms with Crippen LogP contribution in [0.15, 0.2) is 82.8 Å². The number of nitrogens with one attached hydrogen (secondary N) is 1. The third-order valence-electron chi connectivity index (χ3n) is 4.17. The van der Waals surface area contributed by atoms with Crippen molar-refractivity contribution >= 4 is 43.0 Å². The van der Waals surface area contributed by atoms with Crippen molar-refractivity contribution in [1.29, 1.82) is 0 Å². The van der Waals surface area contributed by atoms with Gasteiger partial charge in [-0.15, -0.1) is 0 Å². The van der Waals surface area contributed by atoms with Gasteiger partial charge >= 0.3 is 10.1 Å². The standard InChI is InChI=1S/C22H19N3O4S2/c1-2-28-20-14-16(15-23-25-22-24-18-10-6-7-11-21(18)30-22)12-13-19(20)29-31(26,27)17-8-4-3-5-9-17/h3-15H,2H2,1H3,(H,24,25)/b23-15+. The second-order valence-electron chi connectivity index (χ2n) is 6.35. The summed E-state index contributed by atoms with van der Waals surface area (Å²) in [5.41, 5.74) is 4.53. The van der Waals surface area contributed by atoms with Crippen LogP contribution in [0, 0.1) is 0 Å². The maximum Gasteiger partial charge on any atom is 0.339 e. The molecule has 0 radical (unpaired) electrons. The minimum atomic E-state index is -3.97. The average Bonchev–Trinajstić information content (AvgIpc) is 3.19. The van der Waals surface area contributed by atoms with Crippen LogP contribution in [0.25, 0.3) is 10.2 Å². The van der Waals surface area contributed by atoms with Gasteiger partial charge in [-0.25, -0.2) is 4.98 Å². The van der Waals surface area contributed by atoms with Gasteiger partial charge < -0.3 is 8.92 Å². The maximum absolute atomic E-state index is 12.5. The number of hydrogen-bond donors (Lipinski definition) is 1. The van der Waals surface area contributed by atoms with Gasteiger partial charge in [-0.05, 0) is 55.0 Å². The topological polar surface area (TPSA) is 89.9 Å². The molecule has 31 heavy (non-hydrogen) atoms. The number of hydrazone groups is 1. The van der Waals surface area contributed by atoms with Crippen LogP contribution in [0.2, 0.25) is 0 Å². The Morgan fingerprint density at radius 3 is 2.58 bits per heavy atom. The highest BCUT2D eigenvalue weighted by Crippen LogP contribution is 2.31. The summed E-state index contributed by atoms with van der Waals surface area (Å²) >= 11 is 1.50. The Bertz CT molecular complexity index is 1290. The van der Waals surface area contributed by atoms with E-state index in [1.165, 1.54) is 23.5 Å². The summed E-state index contributed by atoms with van der Waals surface area (Å²) in [4.78, 5) is 4.53. The summed E-state index contributed by atoms with van der Waals surface area (Å²) in [5.74, 6) is 0.424. The monoisotopic (exact) mass is 453 g/mol. The minimum absolute atomic E-state index is 0.0723. The number of rotatable bonds is 8. The number of ether oxygens (including phenoxy) is 1. The molecule has 0 aliphatic carbocycles. The van der Waals surface area contributed by atoms with Crippen molar-refractivity contribution in [2.24, 2.45) is 5.10 Å². The van der Waals surface area contributed by atoms with Gasteiger partial charge in [-0.1, -0.05) is 41.7 Å². The normalized spacial score (nSPS) is 11.6. The van der Waals surface area contributed by atoms with Gasteiger partial charge in [0.15, 0.2) is 11.5 Å². The van der Waals surface area contributed by atoms with Gasteiger partial charge in [-0.3, -0.25) is 5.43 Å². The SMILES string of the molecule is CCOc1cc(/C=N/Nc2nc3ccccc3s2)ccc1OS(=O)(=O)c1ccccc1. The van der Waals surface area contributed by atoms with E-state index in [1.807, 2.05) is 31.2 Å². The van der Waals surface area contributed by atoms with Crippen molar-refractivity contribution in [2.75, 3.05) is 12.0 Å². The Balaban J connectivity index is 1.51. The van der Waals surface area contributed by atoms with Crippen molar-refractivity contribution in [3.8, 4) is 11.5 Å². The first kappa shape index (κ1) is 20.8. The number of fused-ring (bicyclic) bond motifs is 1. The number of benzene rings is 3. The van der Waals surface area contributed by atoms with E-state index >= 15 is 0 Å². The summed E-state index contributed by atoms with van der Waals surface area (Å²) in [6.07, 6.45) is 1.60. The maximum atomic E-state index is 12.5. The molecular weight excluding hydrogens is 434 g/mol. The fourth-order valence-corrected chi connectivity index (χ4v) is 4.55. The van der Waals surface area contributed by atoms with E-state index in [0.29, 0.717) is 23.1 Å². The first-order chi connectivity index (χ1) is 15.0. The van der Waals surface area contributed by atoms with Gasteiger partial charge in [0.1, 0.15) is 4.90 Å². The highest BCUT2D eigenvalue weighted by Gasteiger charge is 2.19. The molecule has 1 aromatic heterocycles. The summed E-state index contributed by atoms with van der Waals surface area (Å²) in [6, 6.07) is 20.7. The molecule has 1 heterocycles. The molecule has 0 saturated heterocycles. The lowest BCUT2D eigenvalue weighted by Gasteiger charge is -2.12.